The molecule has 2 aromatic rings. The van der Waals surface area contributed by atoms with Crippen molar-refractivity contribution in [3.63, 3.8) is 0 Å². The minimum Gasteiger partial charge on any atom is -0.326 e. The van der Waals surface area contributed by atoms with Crippen molar-refractivity contribution in [1.29, 1.82) is 0 Å². The number of carbonyl (C=O) groups excluding carboxylic acids is 1. The predicted octanol–water partition coefficient (Wildman–Crippen LogP) is 4.03. The molecule has 0 aliphatic carbocycles. The summed E-state index contributed by atoms with van der Waals surface area (Å²) in [5.74, 6) is -0.233. The van der Waals surface area contributed by atoms with E-state index in [0.29, 0.717) is 22.2 Å². The zero-order valence-electron chi connectivity index (χ0n) is 13.6. The molecule has 8 heteroatoms. The minimum absolute atomic E-state index is 0.179. The Bertz CT molecular complexity index is 822. The molecule has 2 rings (SSSR count). The fourth-order valence-corrected chi connectivity index (χ4v) is 3.96. The molecule has 0 aliphatic rings. The van der Waals surface area contributed by atoms with Gasteiger partial charge in [-0.25, -0.2) is 12.7 Å². The molecule has 0 spiro atoms. The van der Waals surface area contributed by atoms with Crippen molar-refractivity contribution in [3.05, 3.63) is 58.6 Å². The van der Waals surface area contributed by atoms with Crippen molar-refractivity contribution in [2.24, 2.45) is 0 Å². The van der Waals surface area contributed by atoms with Crippen LogP contribution in [0.25, 0.3) is 0 Å². The number of hydrogen-bond acceptors (Lipinski definition) is 3. The fraction of sp³-hybridized carbons (Fsp3) is 0.235. The van der Waals surface area contributed by atoms with Crippen LogP contribution >= 0.6 is 23.2 Å². The number of hydrogen-bond donors (Lipinski definition) is 1. The van der Waals surface area contributed by atoms with Gasteiger partial charge in [0, 0.05) is 35.7 Å². The highest BCUT2D eigenvalue weighted by molar-refractivity contribution is 7.89. The van der Waals surface area contributed by atoms with Crippen LogP contribution in [0.5, 0.6) is 0 Å². The van der Waals surface area contributed by atoms with Crippen LogP contribution in [-0.2, 0) is 14.8 Å². The van der Waals surface area contributed by atoms with Gasteiger partial charge in [0.25, 0.3) is 0 Å². The van der Waals surface area contributed by atoms with Crippen LogP contribution in [0, 0.1) is 0 Å². The number of sulfonamides is 1. The molecule has 1 N–H and O–H groups in total. The second-order valence-corrected chi connectivity index (χ2v) is 8.37. The third-order valence-corrected chi connectivity index (χ3v) is 5.78. The average Bonchev–Trinajstić information content (AvgIpc) is 2.54. The predicted molar refractivity (Wildman–Crippen MR) is 101 cm³/mol. The van der Waals surface area contributed by atoms with E-state index in [1.807, 2.05) is 0 Å². The van der Waals surface area contributed by atoms with Crippen LogP contribution in [0.4, 0.5) is 5.69 Å². The van der Waals surface area contributed by atoms with E-state index in [9.17, 15) is 13.2 Å². The molecule has 0 bridgehead atoms. The van der Waals surface area contributed by atoms with Crippen molar-refractivity contribution in [2.45, 2.75) is 17.7 Å². The number of nitrogens with zero attached hydrogens (tertiary/aromatic N) is 1. The van der Waals surface area contributed by atoms with Crippen LogP contribution < -0.4 is 5.32 Å². The van der Waals surface area contributed by atoms with Crippen LogP contribution in [0.2, 0.25) is 10.0 Å². The van der Waals surface area contributed by atoms with E-state index in [1.165, 1.54) is 11.4 Å². The van der Waals surface area contributed by atoms with E-state index >= 15 is 0 Å². The minimum atomic E-state index is -3.54. The molecule has 25 heavy (non-hydrogen) atoms. The number of halogens is 2. The van der Waals surface area contributed by atoms with Gasteiger partial charge in [-0.15, -0.1) is 0 Å². The quantitative estimate of drug-likeness (QED) is 0.762. The second kappa shape index (κ2) is 8.67. The third kappa shape index (κ3) is 5.71. The zero-order chi connectivity index (χ0) is 18.4. The Balaban J connectivity index is 1.86. The highest BCUT2D eigenvalue weighted by Gasteiger charge is 2.20. The van der Waals surface area contributed by atoms with Crippen molar-refractivity contribution in [2.75, 3.05) is 18.9 Å². The molecule has 5 nitrogen and oxygen atoms in total. The molecule has 0 fully saturated rings. The summed E-state index contributed by atoms with van der Waals surface area (Å²) in [5, 5.41) is 3.55. The Kier molecular flexibility index (Phi) is 6.84. The topological polar surface area (TPSA) is 66.5 Å². The average molecular weight is 401 g/mol. The maximum Gasteiger partial charge on any atom is 0.242 e. The number of nitrogens with one attached hydrogen (secondary N) is 1. The van der Waals surface area contributed by atoms with E-state index in [1.54, 1.807) is 48.5 Å². The van der Waals surface area contributed by atoms with Gasteiger partial charge in [0.1, 0.15) is 0 Å². The summed E-state index contributed by atoms with van der Waals surface area (Å²) in [6.45, 7) is 0.237. The van der Waals surface area contributed by atoms with Gasteiger partial charge >= 0.3 is 0 Å². The van der Waals surface area contributed by atoms with Gasteiger partial charge in [-0.1, -0.05) is 41.4 Å². The number of carbonyl (C=O) groups is 1. The van der Waals surface area contributed by atoms with E-state index in [-0.39, 0.29) is 23.8 Å². The van der Waals surface area contributed by atoms with Crippen molar-refractivity contribution >= 4 is 44.8 Å². The zero-order valence-corrected chi connectivity index (χ0v) is 15.9. The van der Waals surface area contributed by atoms with Crippen LogP contribution in [-0.4, -0.2) is 32.2 Å². The molecule has 0 heterocycles. The highest BCUT2D eigenvalue weighted by atomic mass is 35.5. The Morgan fingerprint density at radius 1 is 1.08 bits per heavy atom. The summed E-state index contributed by atoms with van der Waals surface area (Å²) in [6, 6.07) is 12.9. The van der Waals surface area contributed by atoms with Gasteiger partial charge < -0.3 is 5.32 Å². The first-order valence-corrected chi connectivity index (χ1v) is 9.76. The van der Waals surface area contributed by atoms with Crippen molar-refractivity contribution < 1.29 is 13.2 Å². The fourth-order valence-electron chi connectivity index (χ4n) is 2.20. The summed E-state index contributed by atoms with van der Waals surface area (Å²) in [7, 11) is -2.04. The Labute approximate surface area is 157 Å². The van der Waals surface area contributed by atoms with Crippen molar-refractivity contribution in [1.82, 2.24) is 4.31 Å². The van der Waals surface area contributed by atoms with Crippen molar-refractivity contribution in [3.8, 4) is 0 Å². The smallest absolute Gasteiger partial charge is 0.242 e. The summed E-state index contributed by atoms with van der Waals surface area (Å²) in [5.41, 5.74) is 0.507. The molecule has 0 aromatic heterocycles. The lowest BCUT2D eigenvalue weighted by Gasteiger charge is -2.17. The number of benzene rings is 2. The van der Waals surface area contributed by atoms with E-state index < -0.39 is 10.0 Å². The first-order valence-electron chi connectivity index (χ1n) is 7.56. The lowest BCUT2D eigenvalue weighted by atomic mass is 10.2. The molecule has 0 atom stereocenters. The number of anilines is 1. The monoisotopic (exact) mass is 400 g/mol. The summed E-state index contributed by atoms with van der Waals surface area (Å²) in [6.07, 6.45) is 0.571. The molecular weight excluding hydrogens is 383 g/mol. The van der Waals surface area contributed by atoms with Crippen LogP contribution in [0.15, 0.2) is 53.4 Å². The Morgan fingerprint density at radius 3 is 2.28 bits per heavy atom. The first-order chi connectivity index (χ1) is 11.8. The molecule has 134 valence electrons. The molecular formula is C17H18Cl2N2O3S. The van der Waals surface area contributed by atoms with Gasteiger partial charge in [0.2, 0.25) is 15.9 Å². The lowest BCUT2D eigenvalue weighted by Crippen LogP contribution is -2.28. The van der Waals surface area contributed by atoms with E-state index in [2.05, 4.69) is 5.32 Å². The van der Waals surface area contributed by atoms with Gasteiger partial charge in [0.05, 0.1) is 4.90 Å². The molecule has 2 aromatic carbocycles. The molecule has 0 radical (unpaired) electrons. The molecule has 0 saturated heterocycles. The number of amides is 1. The Hall–Kier alpha value is -1.60. The molecule has 0 unspecified atom stereocenters. The van der Waals surface area contributed by atoms with Gasteiger partial charge in [-0.2, -0.15) is 0 Å². The second-order valence-electron chi connectivity index (χ2n) is 5.45. The molecule has 1 amide bonds. The van der Waals surface area contributed by atoms with Gasteiger partial charge in [-0.05, 0) is 36.8 Å². The molecule has 0 saturated carbocycles. The summed E-state index contributed by atoms with van der Waals surface area (Å²) < 4.78 is 26.0. The summed E-state index contributed by atoms with van der Waals surface area (Å²) >= 11 is 11.8. The standard InChI is InChI=1S/C17H18Cl2N2O3S/c1-21(25(23,24)16-6-3-2-4-7-16)9-5-8-17(22)20-15-11-13(18)10-14(19)12-15/h2-4,6-7,10-12H,5,8-9H2,1H3,(H,20,22). The lowest BCUT2D eigenvalue weighted by molar-refractivity contribution is -0.116. The first kappa shape index (κ1) is 19.7. The van der Waals surface area contributed by atoms with E-state index in [0.717, 1.165) is 0 Å². The van der Waals surface area contributed by atoms with E-state index in [4.69, 9.17) is 23.2 Å². The summed E-state index contributed by atoms with van der Waals surface area (Å²) in [4.78, 5) is 12.2. The van der Waals surface area contributed by atoms with Crippen LogP contribution in [0.3, 0.4) is 0 Å². The maximum atomic E-state index is 12.4. The third-order valence-electron chi connectivity index (χ3n) is 3.47. The normalized spacial score (nSPS) is 11.5. The van der Waals surface area contributed by atoms with Gasteiger partial charge in [-0.3, -0.25) is 4.79 Å². The highest BCUT2D eigenvalue weighted by Crippen LogP contribution is 2.22. The maximum absolute atomic E-state index is 12.4. The van der Waals surface area contributed by atoms with Gasteiger partial charge in [0.15, 0.2) is 0 Å². The Morgan fingerprint density at radius 2 is 1.68 bits per heavy atom. The number of rotatable bonds is 7. The SMILES string of the molecule is CN(CCCC(=O)Nc1cc(Cl)cc(Cl)c1)S(=O)(=O)c1ccccc1. The molecule has 0 aliphatic heterocycles. The van der Waals surface area contributed by atoms with Crippen LogP contribution in [0.1, 0.15) is 12.8 Å². The largest absolute Gasteiger partial charge is 0.326 e.